The van der Waals surface area contributed by atoms with Gasteiger partial charge in [0.1, 0.15) is 11.4 Å². The van der Waals surface area contributed by atoms with E-state index in [1.54, 1.807) is 36.4 Å². The van der Waals surface area contributed by atoms with Crippen molar-refractivity contribution >= 4 is 46.8 Å². The maximum absolute atomic E-state index is 13.8. The van der Waals surface area contributed by atoms with Gasteiger partial charge in [-0.2, -0.15) is 0 Å². The molecule has 0 saturated carbocycles. The van der Waals surface area contributed by atoms with Crippen LogP contribution in [0.25, 0.3) is 6.08 Å². The molecule has 4 rings (SSSR count). The van der Waals surface area contributed by atoms with Crippen molar-refractivity contribution in [1.82, 2.24) is 5.43 Å². The number of methoxy groups -OCH3 is 1. The number of nitrogens with one attached hydrogen (secondary N) is 2. The summed E-state index contributed by atoms with van der Waals surface area (Å²) in [5.74, 6) is -2.18. The van der Waals surface area contributed by atoms with Gasteiger partial charge in [0.25, 0.3) is 17.7 Å². The zero-order chi connectivity index (χ0) is 24.9. The van der Waals surface area contributed by atoms with E-state index in [1.807, 2.05) is 0 Å². The van der Waals surface area contributed by atoms with Crippen LogP contribution < -0.4 is 25.2 Å². The van der Waals surface area contributed by atoms with Crippen molar-refractivity contribution in [3.05, 3.63) is 88.7 Å². The lowest BCUT2D eigenvalue weighted by Crippen LogP contribution is -2.35. The average Bonchev–Trinajstić information content (AvgIpc) is 3.13. The SMILES string of the molecule is COc1cc(Cl)cc(/C=C2\C(=O)NN(c3ccccc3)C2=O)c1OCC(=O)Nc1ccccc1F. The highest BCUT2D eigenvalue weighted by Crippen LogP contribution is 2.37. The third-order valence-corrected chi connectivity index (χ3v) is 5.19. The Bertz CT molecular complexity index is 1330. The van der Waals surface area contributed by atoms with Gasteiger partial charge in [-0.3, -0.25) is 19.8 Å². The van der Waals surface area contributed by atoms with Crippen molar-refractivity contribution in [3.8, 4) is 11.5 Å². The van der Waals surface area contributed by atoms with E-state index >= 15 is 0 Å². The number of anilines is 2. The fourth-order valence-electron chi connectivity index (χ4n) is 3.36. The highest BCUT2D eigenvalue weighted by molar-refractivity contribution is 6.32. The summed E-state index contributed by atoms with van der Waals surface area (Å²) in [5.41, 5.74) is 3.06. The van der Waals surface area contributed by atoms with Gasteiger partial charge in [0.2, 0.25) is 0 Å². The lowest BCUT2D eigenvalue weighted by molar-refractivity contribution is -0.118. The number of carbonyl (C=O) groups is 3. The summed E-state index contributed by atoms with van der Waals surface area (Å²) in [5, 5.41) is 3.79. The monoisotopic (exact) mass is 495 g/mol. The molecule has 0 atom stereocenters. The smallest absolute Gasteiger partial charge is 0.282 e. The minimum Gasteiger partial charge on any atom is -0.493 e. The number of hydrogen-bond acceptors (Lipinski definition) is 5. The quantitative estimate of drug-likeness (QED) is 0.382. The summed E-state index contributed by atoms with van der Waals surface area (Å²) >= 11 is 6.19. The molecular formula is C25H19ClFN3O5. The minimum absolute atomic E-state index is 0.000685. The number of amides is 3. The first-order valence-corrected chi connectivity index (χ1v) is 10.7. The molecule has 1 heterocycles. The molecule has 0 bridgehead atoms. The molecule has 0 aliphatic carbocycles. The Morgan fingerprint density at radius 1 is 1.11 bits per heavy atom. The topological polar surface area (TPSA) is 97.0 Å². The molecule has 0 radical (unpaired) electrons. The number of hydrogen-bond donors (Lipinski definition) is 2. The summed E-state index contributed by atoms with van der Waals surface area (Å²) in [7, 11) is 1.37. The van der Waals surface area contributed by atoms with Gasteiger partial charge in [0.05, 0.1) is 18.5 Å². The van der Waals surface area contributed by atoms with E-state index < -0.39 is 30.1 Å². The molecule has 0 unspecified atom stereocenters. The van der Waals surface area contributed by atoms with Gasteiger partial charge in [0.15, 0.2) is 18.1 Å². The number of carbonyl (C=O) groups excluding carboxylic acids is 3. The van der Waals surface area contributed by atoms with Crippen molar-refractivity contribution < 1.29 is 28.2 Å². The number of para-hydroxylation sites is 2. The van der Waals surface area contributed by atoms with Crippen LogP contribution in [-0.4, -0.2) is 31.4 Å². The number of nitrogens with zero attached hydrogens (tertiary/aromatic N) is 1. The van der Waals surface area contributed by atoms with Crippen LogP contribution in [0.1, 0.15) is 5.56 Å². The van der Waals surface area contributed by atoms with Crippen molar-refractivity contribution in [2.24, 2.45) is 0 Å². The molecule has 8 nitrogen and oxygen atoms in total. The van der Waals surface area contributed by atoms with Gasteiger partial charge >= 0.3 is 0 Å². The zero-order valence-corrected chi connectivity index (χ0v) is 19.1. The van der Waals surface area contributed by atoms with Crippen LogP contribution in [0.2, 0.25) is 5.02 Å². The van der Waals surface area contributed by atoms with Gasteiger partial charge in [-0.1, -0.05) is 41.9 Å². The Labute approximate surface area is 204 Å². The maximum atomic E-state index is 13.8. The van der Waals surface area contributed by atoms with Crippen molar-refractivity contribution in [1.29, 1.82) is 0 Å². The van der Waals surface area contributed by atoms with Crippen molar-refractivity contribution in [2.75, 3.05) is 24.0 Å². The first-order valence-electron chi connectivity index (χ1n) is 10.3. The summed E-state index contributed by atoms with van der Waals surface area (Å²) in [6, 6.07) is 17.2. The standard InChI is InChI=1S/C25H19ClFN3O5/c1-34-21-13-16(26)11-15(23(21)35-14-22(31)28-20-10-6-5-9-19(20)27)12-18-24(32)29-30(25(18)33)17-7-3-2-4-8-17/h2-13H,14H2,1H3,(H,28,31)(H,29,32)/b18-12+. The second kappa shape index (κ2) is 10.3. The number of halogens is 2. The van der Waals surface area contributed by atoms with Gasteiger partial charge in [-0.05, 0) is 36.4 Å². The van der Waals surface area contributed by atoms with E-state index in [-0.39, 0.29) is 33.3 Å². The van der Waals surface area contributed by atoms with Crippen LogP contribution in [0, 0.1) is 5.82 Å². The normalized spacial score (nSPS) is 14.1. The van der Waals surface area contributed by atoms with Crippen molar-refractivity contribution in [3.63, 3.8) is 0 Å². The molecule has 3 amide bonds. The molecule has 2 N–H and O–H groups in total. The van der Waals surface area contributed by atoms with Gasteiger partial charge < -0.3 is 14.8 Å². The maximum Gasteiger partial charge on any atom is 0.282 e. The Kier molecular flexibility index (Phi) is 6.98. The molecule has 3 aromatic carbocycles. The van der Waals surface area contributed by atoms with Gasteiger partial charge in [-0.25, -0.2) is 9.40 Å². The third-order valence-electron chi connectivity index (χ3n) is 4.97. The molecule has 1 aliphatic heterocycles. The second-order valence-electron chi connectivity index (χ2n) is 7.32. The summed E-state index contributed by atoms with van der Waals surface area (Å²) < 4.78 is 24.8. The third kappa shape index (κ3) is 5.25. The van der Waals surface area contributed by atoms with E-state index in [0.29, 0.717) is 5.69 Å². The minimum atomic E-state index is -0.629. The Morgan fingerprint density at radius 2 is 1.83 bits per heavy atom. The number of benzene rings is 3. The summed E-state index contributed by atoms with van der Waals surface area (Å²) in [6.07, 6.45) is 1.30. The molecule has 1 saturated heterocycles. The molecule has 1 aliphatic rings. The zero-order valence-electron chi connectivity index (χ0n) is 18.4. The van der Waals surface area contributed by atoms with E-state index in [9.17, 15) is 18.8 Å². The largest absolute Gasteiger partial charge is 0.493 e. The van der Waals surface area contributed by atoms with Crippen LogP contribution in [0.15, 0.2) is 72.3 Å². The van der Waals surface area contributed by atoms with Crippen LogP contribution in [0.5, 0.6) is 11.5 Å². The Hall–Kier alpha value is -4.37. The summed E-state index contributed by atoms with van der Waals surface area (Å²) in [4.78, 5) is 37.9. The second-order valence-corrected chi connectivity index (χ2v) is 7.75. The molecule has 10 heteroatoms. The molecular weight excluding hydrogens is 477 g/mol. The van der Waals surface area contributed by atoms with E-state index in [0.717, 1.165) is 5.01 Å². The highest BCUT2D eigenvalue weighted by Gasteiger charge is 2.34. The number of rotatable bonds is 7. The summed E-state index contributed by atoms with van der Waals surface area (Å²) in [6.45, 7) is -0.501. The Balaban J connectivity index is 1.61. The molecule has 35 heavy (non-hydrogen) atoms. The number of ether oxygens (including phenoxy) is 2. The fraction of sp³-hybridized carbons (Fsp3) is 0.0800. The lowest BCUT2D eigenvalue weighted by atomic mass is 10.1. The van der Waals surface area contributed by atoms with Crippen LogP contribution >= 0.6 is 11.6 Å². The molecule has 1 fully saturated rings. The number of hydrazine groups is 1. The molecule has 0 spiro atoms. The van der Waals surface area contributed by atoms with Crippen LogP contribution in [-0.2, 0) is 14.4 Å². The first-order chi connectivity index (χ1) is 16.9. The fourth-order valence-corrected chi connectivity index (χ4v) is 3.58. The van der Waals surface area contributed by atoms with Gasteiger partial charge in [-0.15, -0.1) is 0 Å². The van der Waals surface area contributed by atoms with Crippen molar-refractivity contribution in [2.45, 2.75) is 0 Å². The molecule has 0 aromatic heterocycles. The first kappa shape index (κ1) is 23.8. The van der Waals surface area contributed by atoms with Crippen LogP contribution in [0.4, 0.5) is 15.8 Å². The highest BCUT2D eigenvalue weighted by atomic mass is 35.5. The van der Waals surface area contributed by atoms with Crippen LogP contribution in [0.3, 0.4) is 0 Å². The predicted octanol–water partition coefficient (Wildman–Crippen LogP) is 3.97. The predicted molar refractivity (Wildman–Crippen MR) is 129 cm³/mol. The van der Waals surface area contributed by atoms with Gasteiger partial charge in [0, 0.05) is 16.7 Å². The lowest BCUT2D eigenvalue weighted by Gasteiger charge is -2.15. The van der Waals surface area contributed by atoms with E-state index in [1.165, 1.54) is 43.5 Å². The van der Waals surface area contributed by atoms with E-state index in [2.05, 4.69) is 10.7 Å². The average molecular weight is 496 g/mol. The molecule has 3 aromatic rings. The van der Waals surface area contributed by atoms with E-state index in [4.69, 9.17) is 21.1 Å². The molecule has 178 valence electrons. The Morgan fingerprint density at radius 3 is 2.54 bits per heavy atom.